The molecule has 0 aromatic rings. The number of allylic oxidation sites excluding steroid dienone is 2. The minimum Gasteiger partial charge on any atom is -0.0885 e. The van der Waals surface area contributed by atoms with Crippen LogP contribution in [0.4, 0.5) is 0 Å². The molecular weight excluding hydrogens is 132 g/mol. The molecule has 1 aliphatic carbocycles. The molecule has 0 saturated heterocycles. The van der Waals surface area contributed by atoms with Crippen LogP contribution in [-0.4, -0.2) is 0 Å². The van der Waals surface area contributed by atoms with E-state index in [4.69, 9.17) is 0 Å². The van der Waals surface area contributed by atoms with Gasteiger partial charge in [-0.25, -0.2) is 0 Å². The van der Waals surface area contributed by atoms with Crippen LogP contribution < -0.4 is 0 Å². The molecule has 0 nitrogen and oxygen atoms in total. The van der Waals surface area contributed by atoms with E-state index in [0.29, 0.717) is 0 Å². The van der Waals surface area contributed by atoms with Gasteiger partial charge in [-0.05, 0) is 31.6 Å². The van der Waals surface area contributed by atoms with E-state index in [0.717, 1.165) is 5.92 Å². The summed E-state index contributed by atoms with van der Waals surface area (Å²) in [5, 5.41) is 0. The van der Waals surface area contributed by atoms with Crippen LogP contribution >= 0.6 is 0 Å². The molecule has 1 atom stereocenters. The Morgan fingerprint density at radius 3 is 2.82 bits per heavy atom. The molecule has 0 aromatic carbocycles. The van der Waals surface area contributed by atoms with Crippen molar-refractivity contribution in [1.82, 2.24) is 0 Å². The van der Waals surface area contributed by atoms with E-state index in [1.54, 1.807) is 0 Å². The summed E-state index contributed by atoms with van der Waals surface area (Å²) in [6.45, 7) is 2.30. The fourth-order valence-electron chi connectivity index (χ4n) is 1.93. The van der Waals surface area contributed by atoms with Gasteiger partial charge in [0.05, 0.1) is 0 Å². The van der Waals surface area contributed by atoms with Gasteiger partial charge in [0.1, 0.15) is 0 Å². The molecule has 0 spiro atoms. The fourth-order valence-corrected chi connectivity index (χ4v) is 1.93. The van der Waals surface area contributed by atoms with Crippen molar-refractivity contribution in [1.29, 1.82) is 0 Å². The van der Waals surface area contributed by atoms with Gasteiger partial charge in [0.15, 0.2) is 0 Å². The van der Waals surface area contributed by atoms with Crippen molar-refractivity contribution in [2.45, 2.75) is 51.9 Å². The molecule has 1 aliphatic rings. The molecule has 0 heterocycles. The summed E-state index contributed by atoms with van der Waals surface area (Å²) in [7, 11) is 0. The maximum Gasteiger partial charge on any atom is -0.0348 e. The SMILES string of the molecule is CCCC1CC/C=C/CCC1. The number of rotatable bonds is 2. The van der Waals surface area contributed by atoms with Crippen LogP contribution in [0, 0.1) is 5.92 Å². The smallest absolute Gasteiger partial charge is 0.0348 e. The molecule has 0 radical (unpaired) electrons. The third-order valence-corrected chi connectivity index (χ3v) is 2.59. The maximum atomic E-state index is 2.36. The first kappa shape index (κ1) is 8.83. The third-order valence-electron chi connectivity index (χ3n) is 2.59. The average Bonchev–Trinajstić information content (AvgIpc) is 1.94. The average molecular weight is 152 g/mol. The Morgan fingerprint density at radius 1 is 1.18 bits per heavy atom. The molecule has 1 unspecified atom stereocenters. The largest absolute Gasteiger partial charge is 0.0885 e. The standard InChI is InChI=1S/C11H20/c1-2-8-11-9-6-4-3-5-7-10-11/h3-4,11H,2,5-10H2,1H3/b4-3+. The molecule has 0 N–H and O–H groups in total. The van der Waals surface area contributed by atoms with Gasteiger partial charge in [0, 0.05) is 0 Å². The minimum atomic E-state index is 1.03. The van der Waals surface area contributed by atoms with Gasteiger partial charge < -0.3 is 0 Å². The first-order valence-electron chi connectivity index (χ1n) is 5.08. The van der Waals surface area contributed by atoms with Crippen molar-refractivity contribution in [2.24, 2.45) is 5.92 Å². The van der Waals surface area contributed by atoms with Crippen LogP contribution in [0.25, 0.3) is 0 Å². The van der Waals surface area contributed by atoms with Crippen molar-refractivity contribution >= 4 is 0 Å². The second-order valence-corrected chi connectivity index (χ2v) is 3.63. The Kier molecular flexibility index (Phi) is 4.33. The van der Waals surface area contributed by atoms with Crippen molar-refractivity contribution in [3.05, 3.63) is 12.2 Å². The number of hydrogen-bond acceptors (Lipinski definition) is 0. The Bertz CT molecular complexity index is 113. The van der Waals surface area contributed by atoms with Crippen LogP contribution in [-0.2, 0) is 0 Å². The predicted octanol–water partition coefficient (Wildman–Crippen LogP) is 3.92. The zero-order valence-corrected chi connectivity index (χ0v) is 7.68. The van der Waals surface area contributed by atoms with E-state index in [2.05, 4.69) is 19.1 Å². The molecular formula is C11H20. The highest BCUT2D eigenvalue weighted by molar-refractivity contribution is 4.84. The first-order chi connectivity index (χ1) is 5.43. The van der Waals surface area contributed by atoms with E-state index in [-0.39, 0.29) is 0 Å². The van der Waals surface area contributed by atoms with Gasteiger partial charge in [-0.15, -0.1) is 0 Å². The van der Waals surface area contributed by atoms with Crippen LogP contribution in [0.2, 0.25) is 0 Å². The minimum absolute atomic E-state index is 1.03. The molecule has 0 amide bonds. The summed E-state index contributed by atoms with van der Waals surface area (Å²) in [5.74, 6) is 1.03. The van der Waals surface area contributed by atoms with Gasteiger partial charge in [-0.1, -0.05) is 38.3 Å². The lowest BCUT2D eigenvalue weighted by Crippen LogP contribution is -2.00. The predicted molar refractivity (Wildman–Crippen MR) is 50.6 cm³/mol. The van der Waals surface area contributed by atoms with Crippen molar-refractivity contribution in [3.8, 4) is 0 Å². The molecule has 11 heavy (non-hydrogen) atoms. The van der Waals surface area contributed by atoms with E-state index < -0.39 is 0 Å². The zero-order valence-electron chi connectivity index (χ0n) is 7.68. The van der Waals surface area contributed by atoms with Crippen LogP contribution in [0.15, 0.2) is 12.2 Å². The van der Waals surface area contributed by atoms with Crippen molar-refractivity contribution < 1.29 is 0 Å². The monoisotopic (exact) mass is 152 g/mol. The topological polar surface area (TPSA) is 0 Å². The van der Waals surface area contributed by atoms with E-state index >= 15 is 0 Å². The molecule has 1 rings (SSSR count). The maximum absolute atomic E-state index is 2.36. The first-order valence-corrected chi connectivity index (χ1v) is 5.08. The van der Waals surface area contributed by atoms with Crippen LogP contribution in [0.3, 0.4) is 0 Å². The molecule has 0 aromatic heterocycles. The highest BCUT2D eigenvalue weighted by atomic mass is 14.1. The van der Waals surface area contributed by atoms with E-state index in [9.17, 15) is 0 Å². The summed E-state index contributed by atoms with van der Waals surface area (Å²) >= 11 is 0. The lowest BCUT2D eigenvalue weighted by Gasteiger charge is -2.15. The summed E-state index contributed by atoms with van der Waals surface area (Å²) in [6.07, 6.45) is 14.5. The van der Waals surface area contributed by atoms with Gasteiger partial charge >= 0.3 is 0 Å². The summed E-state index contributed by atoms with van der Waals surface area (Å²) in [5.41, 5.74) is 0. The quantitative estimate of drug-likeness (QED) is 0.526. The van der Waals surface area contributed by atoms with Crippen molar-refractivity contribution in [2.75, 3.05) is 0 Å². The molecule has 0 bridgehead atoms. The van der Waals surface area contributed by atoms with Gasteiger partial charge in [0.25, 0.3) is 0 Å². The fraction of sp³-hybridized carbons (Fsp3) is 0.818. The normalized spacial score (nSPS) is 29.0. The summed E-state index contributed by atoms with van der Waals surface area (Å²) in [4.78, 5) is 0. The van der Waals surface area contributed by atoms with Gasteiger partial charge in [0.2, 0.25) is 0 Å². The highest BCUT2D eigenvalue weighted by Gasteiger charge is 2.07. The van der Waals surface area contributed by atoms with Crippen LogP contribution in [0.1, 0.15) is 51.9 Å². The van der Waals surface area contributed by atoms with E-state index in [1.807, 2.05) is 0 Å². The Labute approximate surface area is 70.7 Å². The van der Waals surface area contributed by atoms with Crippen molar-refractivity contribution in [3.63, 3.8) is 0 Å². The number of hydrogen-bond donors (Lipinski definition) is 0. The van der Waals surface area contributed by atoms with Gasteiger partial charge in [-0.3, -0.25) is 0 Å². The Morgan fingerprint density at radius 2 is 2.00 bits per heavy atom. The van der Waals surface area contributed by atoms with Gasteiger partial charge in [-0.2, -0.15) is 0 Å². The second kappa shape index (κ2) is 5.40. The molecule has 0 fully saturated rings. The lowest BCUT2D eigenvalue weighted by molar-refractivity contribution is 0.403. The summed E-state index contributed by atoms with van der Waals surface area (Å²) in [6, 6.07) is 0. The Balaban J connectivity index is 2.24. The Hall–Kier alpha value is -0.260. The molecule has 0 aliphatic heterocycles. The molecule has 0 heteroatoms. The van der Waals surface area contributed by atoms with E-state index in [1.165, 1.54) is 44.9 Å². The highest BCUT2D eigenvalue weighted by Crippen LogP contribution is 2.22. The third kappa shape index (κ3) is 3.60. The summed E-state index contributed by atoms with van der Waals surface area (Å²) < 4.78 is 0. The van der Waals surface area contributed by atoms with Crippen LogP contribution in [0.5, 0.6) is 0 Å². The molecule has 0 saturated carbocycles. The second-order valence-electron chi connectivity index (χ2n) is 3.63. The molecule has 64 valence electrons. The zero-order chi connectivity index (χ0) is 7.94. The lowest BCUT2D eigenvalue weighted by atomic mass is 9.91.